The molecule has 0 aliphatic carbocycles. The molecule has 0 atom stereocenters. The predicted octanol–water partition coefficient (Wildman–Crippen LogP) is -4.90. The molecule has 156 valence electrons. The van der Waals surface area contributed by atoms with E-state index < -0.39 is 46.9 Å². The van der Waals surface area contributed by atoms with Crippen LogP contribution in [0.5, 0.6) is 0 Å². The summed E-state index contributed by atoms with van der Waals surface area (Å²) in [5.41, 5.74) is -1.35. The Kier molecular flexibility index (Phi) is 11.3. The van der Waals surface area contributed by atoms with Crippen LogP contribution in [0.1, 0.15) is 26.5 Å². The van der Waals surface area contributed by atoms with Gasteiger partial charge in [0, 0.05) is 29.3 Å². The molecule has 0 aliphatic heterocycles. The fourth-order valence-corrected chi connectivity index (χ4v) is 4.93. The number of ether oxygens (including phenoxy) is 1. The second-order valence-corrected chi connectivity index (χ2v) is 10.1. The Morgan fingerprint density at radius 2 is 1.67 bits per heavy atom. The molecule has 0 aliphatic rings. The Morgan fingerprint density at radius 3 is 2.13 bits per heavy atom. The molecule has 0 saturated heterocycles. The second-order valence-electron chi connectivity index (χ2n) is 6.48. The fraction of sp³-hybridized carbons (Fsp3) is 0.400. The molecule has 1 heterocycles. The Labute approximate surface area is 227 Å². The van der Waals surface area contributed by atoms with Crippen molar-refractivity contribution in [2.24, 2.45) is 0 Å². The molecule has 10 nitrogen and oxygen atoms in total. The zero-order chi connectivity index (χ0) is 21.5. The SMILES string of the molecule is CCOC(C)(C)Cc1cc(=O)n(-c2c(Br)cc(S(=O)(=O)[O-])cc2S(=O)(=O)[O-])[nH]1.[Na+].[Na+]. The van der Waals surface area contributed by atoms with Crippen molar-refractivity contribution in [2.75, 3.05) is 6.61 Å². The maximum absolute atomic E-state index is 12.4. The first-order valence-electron chi connectivity index (χ1n) is 7.86. The van der Waals surface area contributed by atoms with E-state index in [0.717, 1.165) is 10.7 Å². The quantitative estimate of drug-likeness (QED) is 0.269. The molecular formula is C15H17BrN2Na2O8S2. The van der Waals surface area contributed by atoms with Crippen LogP contribution in [0.15, 0.2) is 37.3 Å². The first-order valence-corrected chi connectivity index (χ1v) is 11.5. The number of nitrogens with one attached hydrogen (secondary N) is 1. The third-order valence-electron chi connectivity index (χ3n) is 3.71. The number of H-pyrrole nitrogens is 1. The first kappa shape index (κ1) is 30.5. The summed E-state index contributed by atoms with van der Waals surface area (Å²) < 4.78 is 74.8. The molecule has 0 saturated carbocycles. The average molecular weight is 543 g/mol. The molecule has 0 radical (unpaired) electrons. The zero-order valence-corrected chi connectivity index (χ0v) is 24.3. The second kappa shape index (κ2) is 11.1. The molecule has 2 aromatic rings. The summed E-state index contributed by atoms with van der Waals surface area (Å²) in [4.78, 5) is 10.4. The maximum Gasteiger partial charge on any atom is 1.00 e. The molecule has 1 N–H and O–H groups in total. The van der Waals surface area contributed by atoms with Gasteiger partial charge in [-0.3, -0.25) is 9.89 Å². The topological polar surface area (TPSA) is 161 Å². The van der Waals surface area contributed by atoms with Crippen LogP contribution in [0.3, 0.4) is 0 Å². The molecule has 1 aromatic carbocycles. The van der Waals surface area contributed by atoms with Crippen LogP contribution in [0, 0.1) is 0 Å². The van der Waals surface area contributed by atoms with Crippen molar-refractivity contribution in [2.45, 2.75) is 42.6 Å². The normalized spacial score (nSPS) is 12.2. The third-order valence-corrected chi connectivity index (χ3v) is 5.98. The Balaban J connectivity index is 0.00000420. The molecule has 0 spiro atoms. The Bertz CT molecular complexity index is 1170. The summed E-state index contributed by atoms with van der Waals surface area (Å²) in [5.74, 6) is 0. The van der Waals surface area contributed by atoms with Crippen LogP contribution < -0.4 is 64.7 Å². The minimum absolute atomic E-state index is 0. The summed E-state index contributed by atoms with van der Waals surface area (Å²) in [5, 5.41) is 2.69. The van der Waals surface area contributed by atoms with E-state index in [9.17, 15) is 30.7 Å². The van der Waals surface area contributed by atoms with Gasteiger partial charge in [0.2, 0.25) is 0 Å². The van der Waals surface area contributed by atoms with Crippen molar-refractivity contribution in [3.63, 3.8) is 0 Å². The average Bonchev–Trinajstić information content (AvgIpc) is 2.83. The van der Waals surface area contributed by atoms with Crippen molar-refractivity contribution in [1.82, 2.24) is 9.78 Å². The Hall–Kier alpha value is 0.490. The largest absolute Gasteiger partial charge is 1.00 e. The van der Waals surface area contributed by atoms with E-state index in [1.807, 2.05) is 6.92 Å². The van der Waals surface area contributed by atoms with Crippen LogP contribution in [0.25, 0.3) is 5.69 Å². The van der Waals surface area contributed by atoms with E-state index in [0.29, 0.717) is 18.4 Å². The van der Waals surface area contributed by atoms with Gasteiger partial charge in [-0.25, -0.2) is 21.5 Å². The molecule has 30 heavy (non-hydrogen) atoms. The minimum atomic E-state index is -5.23. The van der Waals surface area contributed by atoms with Gasteiger partial charge >= 0.3 is 59.1 Å². The number of hydrogen-bond donors (Lipinski definition) is 1. The number of aromatic nitrogens is 2. The van der Waals surface area contributed by atoms with E-state index in [1.54, 1.807) is 13.8 Å². The van der Waals surface area contributed by atoms with Crippen LogP contribution >= 0.6 is 15.9 Å². The summed E-state index contributed by atoms with van der Waals surface area (Å²) in [6, 6.07) is 2.46. The predicted molar refractivity (Wildman–Crippen MR) is 99.4 cm³/mol. The number of rotatable bonds is 7. The van der Waals surface area contributed by atoms with Crippen molar-refractivity contribution >= 4 is 36.2 Å². The van der Waals surface area contributed by atoms with Crippen LogP contribution in [-0.2, 0) is 31.4 Å². The van der Waals surface area contributed by atoms with Gasteiger partial charge in [-0.2, -0.15) is 0 Å². The molecule has 1 aromatic heterocycles. The molecule has 2 rings (SSSR count). The van der Waals surface area contributed by atoms with E-state index in [4.69, 9.17) is 4.74 Å². The monoisotopic (exact) mass is 542 g/mol. The Morgan fingerprint density at radius 1 is 1.10 bits per heavy atom. The van der Waals surface area contributed by atoms with Crippen molar-refractivity contribution < 1.29 is 89.8 Å². The van der Waals surface area contributed by atoms with E-state index in [1.165, 1.54) is 6.07 Å². The maximum atomic E-state index is 12.4. The summed E-state index contributed by atoms with van der Waals surface area (Å²) in [7, 11) is -10.3. The van der Waals surface area contributed by atoms with Crippen molar-refractivity contribution in [1.29, 1.82) is 0 Å². The van der Waals surface area contributed by atoms with Crippen LogP contribution in [0.2, 0.25) is 0 Å². The van der Waals surface area contributed by atoms with Gasteiger partial charge < -0.3 is 13.8 Å². The van der Waals surface area contributed by atoms with E-state index >= 15 is 0 Å². The molecule has 0 bridgehead atoms. The molecule has 15 heteroatoms. The molecule has 0 unspecified atom stereocenters. The van der Waals surface area contributed by atoms with Gasteiger partial charge in [0.05, 0.1) is 21.1 Å². The van der Waals surface area contributed by atoms with Gasteiger partial charge in [0.1, 0.15) is 20.2 Å². The summed E-state index contributed by atoms with van der Waals surface area (Å²) in [6.45, 7) is 5.84. The molecule has 0 fully saturated rings. The minimum Gasteiger partial charge on any atom is -0.744 e. The molecular weight excluding hydrogens is 526 g/mol. The number of hydrogen-bond acceptors (Lipinski definition) is 8. The smallest absolute Gasteiger partial charge is 0.744 e. The third kappa shape index (κ3) is 7.52. The van der Waals surface area contributed by atoms with Gasteiger partial charge in [-0.15, -0.1) is 0 Å². The van der Waals surface area contributed by atoms with Crippen LogP contribution in [0.4, 0.5) is 0 Å². The van der Waals surface area contributed by atoms with E-state index in [2.05, 4.69) is 21.0 Å². The summed E-state index contributed by atoms with van der Waals surface area (Å²) in [6.07, 6.45) is 0.271. The first-order chi connectivity index (χ1) is 12.7. The number of benzene rings is 1. The van der Waals surface area contributed by atoms with Crippen molar-refractivity contribution in [3.05, 3.63) is 38.7 Å². The zero-order valence-electron chi connectivity index (χ0n) is 17.1. The number of halogens is 1. The summed E-state index contributed by atoms with van der Waals surface area (Å²) >= 11 is 2.94. The fourth-order valence-electron chi connectivity index (χ4n) is 2.70. The molecule has 0 amide bonds. The number of aromatic amines is 1. The van der Waals surface area contributed by atoms with Gasteiger partial charge in [0.25, 0.3) is 5.56 Å². The number of nitrogens with zero attached hydrogens (tertiary/aromatic N) is 1. The van der Waals surface area contributed by atoms with Crippen molar-refractivity contribution in [3.8, 4) is 5.69 Å². The van der Waals surface area contributed by atoms with Crippen LogP contribution in [-0.4, -0.2) is 47.9 Å². The van der Waals surface area contributed by atoms with Gasteiger partial charge in [-0.05, 0) is 48.8 Å². The van der Waals surface area contributed by atoms with Gasteiger partial charge in [0.15, 0.2) is 0 Å². The van der Waals surface area contributed by atoms with Gasteiger partial charge in [-0.1, -0.05) is 0 Å². The van der Waals surface area contributed by atoms with E-state index in [-0.39, 0.29) is 70.0 Å². The standard InChI is InChI=1S/C15H19BrN2O8S2.2Na/c1-4-26-15(2,3)8-9-5-13(19)18(17-9)14-11(16)6-10(27(20,21)22)7-12(14)28(23,24)25;;/h5-7,17H,4,8H2,1-3H3,(H,20,21,22)(H,23,24,25);;/q;2*+1/p-2.